The first-order valence-electron chi connectivity index (χ1n) is 7.24. The molecule has 1 fully saturated rings. The monoisotopic (exact) mass is 263 g/mol. The summed E-state index contributed by atoms with van der Waals surface area (Å²) in [4.78, 5) is 2.50. The van der Waals surface area contributed by atoms with E-state index >= 15 is 0 Å². The van der Waals surface area contributed by atoms with Crippen molar-refractivity contribution in [1.82, 2.24) is 15.5 Å². The molecule has 2 rings (SSSR count). The van der Waals surface area contributed by atoms with E-state index in [1.807, 2.05) is 13.0 Å². The smallest absolute Gasteiger partial charge is 0.119 e. The summed E-state index contributed by atoms with van der Waals surface area (Å²) in [6, 6.07) is 8.31. The zero-order valence-corrected chi connectivity index (χ0v) is 11.8. The van der Waals surface area contributed by atoms with Crippen LogP contribution in [0.5, 0.6) is 5.75 Å². The van der Waals surface area contributed by atoms with Gasteiger partial charge in [-0.3, -0.25) is 4.90 Å². The number of nitrogens with one attached hydrogen (secondary N) is 2. The van der Waals surface area contributed by atoms with Crippen molar-refractivity contribution in [2.24, 2.45) is 0 Å². The van der Waals surface area contributed by atoms with Crippen molar-refractivity contribution in [1.29, 1.82) is 0 Å². The summed E-state index contributed by atoms with van der Waals surface area (Å²) in [6.07, 6.45) is 0. The Morgan fingerprint density at radius 1 is 1.32 bits per heavy atom. The number of hydrogen-bond acceptors (Lipinski definition) is 4. The second-order valence-electron chi connectivity index (χ2n) is 4.85. The minimum atomic E-state index is 0.722. The fourth-order valence-electron chi connectivity index (χ4n) is 2.32. The third-order valence-corrected chi connectivity index (χ3v) is 3.35. The first-order chi connectivity index (χ1) is 9.38. The van der Waals surface area contributed by atoms with Crippen LogP contribution in [0.25, 0.3) is 0 Å². The second kappa shape index (κ2) is 8.15. The van der Waals surface area contributed by atoms with E-state index in [4.69, 9.17) is 4.74 Å². The summed E-state index contributed by atoms with van der Waals surface area (Å²) in [5.74, 6) is 0.962. The van der Waals surface area contributed by atoms with E-state index in [9.17, 15) is 0 Å². The van der Waals surface area contributed by atoms with E-state index in [1.54, 1.807) is 0 Å². The molecule has 0 bridgehead atoms. The van der Waals surface area contributed by atoms with Crippen LogP contribution in [0.15, 0.2) is 24.3 Å². The van der Waals surface area contributed by atoms with Crippen molar-refractivity contribution >= 4 is 0 Å². The van der Waals surface area contributed by atoms with Gasteiger partial charge in [0.2, 0.25) is 0 Å². The van der Waals surface area contributed by atoms with Gasteiger partial charge in [0.15, 0.2) is 0 Å². The highest BCUT2D eigenvalue weighted by molar-refractivity contribution is 5.28. The zero-order valence-electron chi connectivity index (χ0n) is 11.8. The molecule has 0 radical (unpaired) electrons. The lowest BCUT2D eigenvalue weighted by Gasteiger charge is -2.27. The van der Waals surface area contributed by atoms with Gasteiger partial charge >= 0.3 is 0 Å². The molecule has 1 aliphatic rings. The molecular formula is C15H25N3O. The molecule has 1 saturated heterocycles. The lowest BCUT2D eigenvalue weighted by molar-refractivity contribution is 0.241. The van der Waals surface area contributed by atoms with E-state index in [1.165, 1.54) is 18.7 Å². The molecule has 4 nitrogen and oxygen atoms in total. The molecular weight excluding hydrogens is 238 g/mol. The van der Waals surface area contributed by atoms with Gasteiger partial charge < -0.3 is 15.4 Å². The quantitative estimate of drug-likeness (QED) is 0.722. The van der Waals surface area contributed by atoms with Crippen LogP contribution in [0.4, 0.5) is 0 Å². The molecule has 1 aromatic rings. The van der Waals surface area contributed by atoms with Gasteiger partial charge in [0.05, 0.1) is 6.61 Å². The van der Waals surface area contributed by atoms with Gasteiger partial charge in [-0.05, 0) is 24.6 Å². The van der Waals surface area contributed by atoms with Crippen LogP contribution in [0.3, 0.4) is 0 Å². The number of hydrogen-bond donors (Lipinski definition) is 2. The lowest BCUT2D eigenvalue weighted by Crippen LogP contribution is -2.45. The Bertz CT molecular complexity index is 364. The van der Waals surface area contributed by atoms with Crippen LogP contribution in [0.2, 0.25) is 0 Å². The minimum Gasteiger partial charge on any atom is -0.494 e. The number of piperazine rings is 1. The molecule has 0 amide bonds. The van der Waals surface area contributed by atoms with Crippen molar-refractivity contribution in [3.05, 3.63) is 29.8 Å². The van der Waals surface area contributed by atoms with Gasteiger partial charge in [0.1, 0.15) is 5.75 Å². The summed E-state index contributed by atoms with van der Waals surface area (Å²) in [7, 11) is 0. The summed E-state index contributed by atoms with van der Waals surface area (Å²) in [5, 5.41) is 6.87. The number of ether oxygens (including phenoxy) is 1. The molecule has 0 saturated carbocycles. The average Bonchev–Trinajstić information content (AvgIpc) is 2.46. The molecule has 0 spiro atoms. The topological polar surface area (TPSA) is 36.5 Å². The summed E-state index contributed by atoms with van der Waals surface area (Å²) in [5.41, 5.74) is 1.28. The highest BCUT2D eigenvalue weighted by Gasteiger charge is 2.07. The largest absolute Gasteiger partial charge is 0.494 e. The third kappa shape index (κ3) is 5.19. The van der Waals surface area contributed by atoms with E-state index in [-0.39, 0.29) is 0 Å². The molecule has 19 heavy (non-hydrogen) atoms. The first kappa shape index (κ1) is 14.3. The van der Waals surface area contributed by atoms with Gasteiger partial charge in [-0.15, -0.1) is 0 Å². The maximum atomic E-state index is 5.51. The van der Waals surface area contributed by atoms with E-state index in [2.05, 4.69) is 33.7 Å². The molecule has 0 atom stereocenters. The van der Waals surface area contributed by atoms with Gasteiger partial charge in [-0.2, -0.15) is 0 Å². The first-order valence-corrected chi connectivity index (χ1v) is 7.24. The van der Waals surface area contributed by atoms with Gasteiger partial charge in [0, 0.05) is 45.8 Å². The van der Waals surface area contributed by atoms with Gasteiger partial charge in [0.25, 0.3) is 0 Å². The standard InChI is InChI=1S/C15H25N3O/c1-2-19-15-5-3-4-14(12-15)13-17-8-11-18-9-6-16-7-10-18/h3-5,12,16-17H,2,6-11,13H2,1H3. The number of benzene rings is 1. The predicted molar refractivity (Wildman–Crippen MR) is 78.6 cm³/mol. The Morgan fingerprint density at radius 3 is 2.95 bits per heavy atom. The highest BCUT2D eigenvalue weighted by atomic mass is 16.5. The molecule has 4 heteroatoms. The number of nitrogens with zero attached hydrogens (tertiary/aromatic N) is 1. The van der Waals surface area contributed by atoms with Crippen LogP contribution < -0.4 is 15.4 Å². The molecule has 2 N–H and O–H groups in total. The normalized spacial score (nSPS) is 16.5. The second-order valence-corrected chi connectivity index (χ2v) is 4.85. The van der Waals surface area contributed by atoms with Crippen molar-refractivity contribution in [2.45, 2.75) is 13.5 Å². The number of rotatable bonds is 7. The maximum absolute atomic E-state index is 5.51. The average molecular weight is 263 g/mol. The highest BCUT2D eigenvalue weighted by Crippen LogP contribution is 2.12. The summed E-state index contributed by atoms with van der Waals surface area (Å²) in [6.45, 7) is 10.4. The van der Waals surface area contributed by atoms with E-state index < -0.39 is 0 Å². The minimum absolute atomic E-state index is 0.722. The Hall–Kier alpha value is -1.10. The molecule has 1 aromatic carbocycles. The van der Waals surface area contributed by atoms with Crippen LogP contribution in [0.1, 0.15) is 12.5 Å². The SMILES string of the molecule is CCOc1cccc(CNCCN2CCNCC2)c1. The molecule has 1 heterocycles. The fraction of sp³-hybridized carbons (Fsp3) is 0.600. The van der Waals surface area contributed by atoms with Crippen molar-refractivity contribution in [3.63, 3.8) is 0 Å². The van der Waals surface area contributed by atoms with Gasteiger partial charge in [-0.1, -0.05) is 12.1 Å². The fourth-order valence-corrected chi connectivity index (χ4v) is 2.32. The van der Waals surface area contributed by atoms with E-state index in [0.717, 1.165) is 45.1 Å². The molecule has 0 unspecified atom stereocenters. The Balaban J connectivity index is 1.65. The molecule has 0 aliphatic carbocycles. The van der Waals surface area contributed by atoms with E-state index in [0.29, 0.717) is 0 Å². The molecule has 0 aromatic heterocycles. The van der Waals surface area contributed by atoms with Crippen molar-refractivity contribution in [2.75, 3.05) is 45.9 Å². The van der Waals surface area contributed by atoms with Crippen molar-refractivity contribution < 1.29 is 4.74 Å². The van der Waals surface area contributed by atoms with Crippen LogP contribution in [-0.2, 0) is 6.54 Å². The van der Waals surface area contributed by atoms with Crippen LogP contribution >= 0.6 is 0 Å². The zero-order chi connectivity index (χ0) is 13.3. The predicted octanol–water partition coefficient (Wildman–Crippen LogP) is 1.08. The summed E-state index contributed by atoms with van der Waals surface area (Å²) >= 11 is 0. The Labute approximate surface area is 116 Å². The Morgan fingerprint density at radius 2 is 2.16 bits per heavy atom. The summed E-state index contributed by atoms with van der Waals surface area (Å²) < 4.78 is 5.51. The molecule has 106 valence electrons. The third-order valence-electron chi connectivity index (χ3n) is 3.35. The maximum Gasteiger partial charge on any atom is 0.119 e. The Kier molecular flexibility index (Phi) is 6.14. The lowest BCUT2D eigenvalue weighted by atomic mass is 10.2. The van der Waals surface area contributed by atoms with Gasteiger partial charge in [-0.25, -0.2) is 0 Å². The van der Waals surface area contributed by atoms with Crippen LogP contribution in [-0.4, -0.2) is 50.8 Å². The van der Waals surface area contributed by atoms with Crippen molar-refractivity contribution in [3.8, 4) is 5.75 Å². The molecule has 1 aliphatic heterocycles. The van der Waals surface area contributed by atoms with Crippen LogP contribution in [0, 0.1) is 0 Å².